The fourth-order valence-electron chi connectivity index (χ4n) is 1.57. The number of anilines is 1. The maximum absolute atomic E-state index is 10.6. The van der Waals surface area contributed by atoms with Crippen molar-refractivity contribution in [2.75, 3.05) is 11.9 Å². The summed E-state index contributed by atoms with van der Waals surface area (Å²) in [5, 5.41) is 13.8. The molecule has 0 atom stereocenters. The molecular weight excluding hydrogens is 204 g/mol. The van der Waals surface area contributed by atoms with Crippen LogP contribution in [0.3, 0.4) is 0 Å². The molecule has 16 heavy (non-hydrogen) atoms. The topological polar surface area (TPSA) is 55.2 Å². The fraction of sp³-hybridized carbons (Fsp3) is 0.500. The lowest BCUT2D eigenvalue weighted by molar-refractivity contribution is -0.384. The second kappa shape index (κ2) is 6.10. The van der Waals surface area contributed by atoms with Crippen molar-refractivity contribution in [1.82, 2.24) is 0 Å². The van der Waals surface area contributed by atoms with Crippen molar-refractivity contribution in [3.05, 3.63) is 34.4 Å². The molecule has 88 valence electrons. The summed E-state index contributed by atoms with van der Waals surface area (Å²) in [4.78, 5) is 10.2. The van der Waals surface area contributed by atoms with Crippen LogP contribution in [0, 0.1) is 16.0 Å². The Morgan fingerprint density at radius 1 is 1.38 bits per heavy atom. The van der Waals surface area contributed by atoms with Crippen molar-refractivity contribution in [1.29, 1.82) is 0 Å². The molecule has 0 spiro atoms. The molecule has 1 aromatic carbocycles. The number of nitrogens with one attached hydrogen (secondary N) is 1. The molecule has 1 N–H and O–H groups in total. The first-order valence-electron chi connectivity index (χ1n) is 5.65. The Bertz CT molecular complexity index is 349. The monoisotopic (exact) mass is 222 g/mol. The third-order valence-corrected chi connectivity index (χ3v) is 2.81. The lowest BCUT2D eigenvalue weighted by Gasteiger charge is -2.13. The molecule has 0 aliphatic carbocycles. The van der Waals surface area contributed by atoms with Crippen molar-refractivity contribution < 1.29 is 4.92 Å². The Hall–Kier alpha value is -1.58. The van der Waals surface area contributed by atoms with Crippen molar-refractivity contribution >= 4 is 11.4 Å². The number of hydrogen-bond donors (Lipinski definition) is 1. The predicted octanol–water partition coefficient (Wildman–Crippen LogP) is 3.44. The Labute approximate surface area is 95.8 Å². The third kappa shape index (κ3) is 3.53. The minimum Gasteiger partial charge on any atom is -0.385 e. The number of benzene rings is 1. The minimum atomic E-state index is -0.373. The van der Waals surface area contributed by atoms with Crippen molar-refractivity contribution in [3.63, 3.8) is 0 Å². The van der Waals surface area contributed by atoms with Crippen molar-refractivity contribution in [2.45, 2.75) is 26.7 Å². The van der Waals surface area contributed by atoms with Gasteiger partial charge in [0.25, 0.3) is 5.69 Å². The summed E-state index contributed by atoms with van der Waals surface area (Å²) < 4.78 is 0. The molecule has 0 heterocycles. The zero-order chi connectivity index (χ0) is 12.0. The van der Waals surface area contributed by atoms with E-state index in [0.29, 0.717) is 5.92 Å². The fourth-order valence-corrected chi connectivity index (χ4v) is 1.57. The first kappa shape index (κ1) is 12.5. The quantitative estimate of drug-likeness (QED) is 0.592. The van der Waals surface area contributed by atoms with Crippen LogP contribution >= 0.6 is 0 Å². The molecule has 4 heteroatoms. The Morgan fingerprint density at radius 3 is 2.62 bits per heavy atom. The normalized spacial score (nSPS) is 10.4. The first-order chi connectivity index (χ1) is 7.67. The molecule has 0 fully saturated rings. The first-order valence-corrected chi connectivity index (χ1v) is 5.65. The summed E-state index contributed by atoms with van der Waals surface area (Å²) in [6.07, 6.45) is 2.25. The van der Waals surface area contributed by atoms with Crippen LogP contribution < -0.4 is 5.32 Å². The van der Waals surface area contributed by atoms with Crippen molar-refractivity contribution in [3.8, 4) is 0 Å². The average molecular weight is 222 g/mol. The molecule has 0 aromatic heterocycles. The van der Waals surface area contributed by atoms with Gasteiger partial charge in [0.05, 0.1) is 4.92 Å². The molecule has 0 radical (unpaired) electrons. The summed E-state index contributed by atoms with van der Waals surface area (Å²) in [5.41, 5.74) is 0.954. The smallest absolute Gasteiger partial charge is 0.271 e. The number of rotatable bonds is 6. The van der Waals surface area contributed by atoms with Crippen LogP contribution in [-0.4, -0.2) is 11.5 Å². The molecule has 0 amide bonds. The van der Waals surface area contributed by atoms with E-state index in [1.807, 2.05) is 6.07 Å². The zero-order valence-electron chi connectivity index (χ0n) is 9.77. The van der Waals surface area contributed by atoms with Gasteiger partial charge in [-0.3, -0.25) is 10.1 Å². The highest BCUT2D eigenvalue weighted by Gasteiger charge is 2.07. The summed E-state index contributed by atoms with van der Waals surface area (Å²) in [7, 11) is 0. The SMILES string of the molecule is CCC(CC)CNc1cccc([N+](=O)[O-])c1. The predicted molar refractivity (Wildman–Crippen MR) is 65.7 cm³/mol. The Balaban J connectivity index is 2.60. The average Bonchev–Trinajstić information content (AvgIpc) is 2.31. The highest BCUT2D eigenvalue weighted by molar-refractivity contribution is 5.50. The van der Waals surface area contributed by atoms with Crippen molar-refractivity contribution in [2.24, 2.45) is 5.92 Å². The van der Waals surface area contributed by atoms with Gasteiger partial charge >= 0.3 is 0 Å². The largest absolute Gasteiger partial charge is 0.385 e. The van der Waals surface area contributed by atoms with Crippen LogP contribution in [0.15, 0.2) is 24.3 Å². The number of non-ortho nitro benzene ring substituents is 1. The van der Waals surface area contributed by atoms with Gasteiger partial charge in [-0.25, -0.2) is 0 Å². The maximum Gasteiger partial charge on any atom is 0.271 e. The molecule has 0 aliphatic heterocycles. The molecule has 0 aliphatic rings. The lowest BCUT2D eigenvalue weighted by atomic mass is 10.0. The molecule has 1 rings (SSSR count). The van der Waals surface area contributed by atoms with Crippen LogP contribution in [0.1, 0.15) is 26.7 Å². The number of hydrogen-bond acceptors (Lipinski definition) is 3. The van der Waals surface area contributed by atoms with Gasteiger partial charge in [0.15, 0.2) is 0 Å². The minimum absolute atomic E-state index is 0.134. The molecule has 0 bridgehead atoms. The summed E-state index contributed by atoms with van der Waals surface area (Å²) in [6.45, 7) is 5.18. The van der Waals surface area contributed by atoms with Gasteiger partial charge in [-0.05, 0) is 12.0 Å². The highest BCUT2D eigenvalue weighted by Crippen LogP contribution is 2.18. The van der Waals surface area contributed by atoms with Crippen LogP contribution in [-0.2, 0) is 0 Å². The summed E-state index contributed by atoms with van der Waals surface area (Å²) in [5.74, 6) is 0.624. The molecule has 0 saturated carbocycles. The van der Waals surface area contributed by atoms with E-state index in [0.717, 1.165) is 25.1 Å². The summed E-state index contributed by atoms with van der Waals surface area (Å²) >= 11 is 0. The third-order valence-electron chi connectivity index (χ3n) is 2.81. The van der Waals surface area contributed by atoms with E-state index < -0.39 is 0 Å². The van der Waals surface area contributed by atoms with Gasteiger partial charge in [0.1, 0.15) is 0 Å². The number of nitro benzene ring substituents is 1. The maximum atomic E-state index is 10.6. The molecule has 0 saturated heterocycles. The van der Waals surface area contributed by atoms with Gasteiger partial charge in [-0.2, -0.15) is 0 Å². The molecule has 0 unspecified atom stereocenters. The van der Waals surface area contributed by atoms with E-state index in [1.165, 1.54) is 6.07 Å². The van der Waals surface area contributed by atoms with Crippen LogP contribution in [0.5, 0.6) is 0 Å². The van der Waals surface area contributed by atoms with Gasteiger partial charge in [-0.15, -0.1) is 0 Å². The van der Waals surface area contributed by atoms with Crippen LogP contribution in [0.4, 0.5) is 11.4 Å². The Morgan fingerprint density at radius 2 is 2.06 bits per heavy atom. The summed E-state index contributed by atoms with van der Waals surface area (Å²) in [6, 6.07) is 6.63. The van der Waals surface area contributed by atoms with E-state index in [4.69, 9.17) is 0 Å². The van der Waals surface area contributed by atoms with Gasteiger partial charge < -0.3 is 5.32 Å². The van der Waals surface area contributed by atoms with E-state index in [9.17, 15) is 10.1 Å². The molecular formula is C12H18N2O2. The van der Waals surface area contributed by atoms with Crippen LogP contribution in [0.2, 0.25) is 0 Å². The van der Waals surface area contributed by atoms with E-state index in [-0.39, 0.29) is 10.6 Å². The highest BCUT2D eigenvalue weighted by atomic mass is 16.6. The standard InChI is InChI=1S/C12H18N2O2/c1-3-10(4-2)9-13-11-6-5-7-12(8-11)14(15)16/h5-8,10,13H,3-4,9H2,1-2H3. The second-order valence-electron chi connectivity index (χ2n) is 3.87. The Kier molecular flexibility index (Phi) is 4.76. The number of nitrogens with zero attached hydrogens (tertiary/aromatic N) is 1. The van der Waals surface area contributed by atoms with Gasteiger partial charge in [0.2, 0.25) is 0 Å². The van der Waals surface area contributed by atoms with Gasteiger partial charge in [0, 0.05) is 24.4 Å². The lowest BCUT2D eigenvalue weighted by Crippen LogP contribution is -2.12. The second-order valence-corrected chi connectivity index (χ2v) is 3.87. The van der Waals surface area contributed by atoms with Crippen LogP contribution in [0.25, 0.3) is 0 Å². The molecule has 4 nitrogen and oxygen atoms in total. The van der Waals surface area contributed by atoms with Gasteiger partial charge in [-0.1, -0.05) is 32.8 Å². The zero-order valence-corrected chi connectivity index (χ0v) is 9.77. The van der Waals surface area contributed by atoms with E-state index in [1.54, 1.807) is 12.1 Å². The van der Waals surface area contributed by atoms with E-state index in [2.05, 4.69) is 19.2 Å². The molecule has 1 aromatic rings. The van der Waals surface area contributed by atoms with E-state index >= 15 is 0 Å². The number of nitro groups is 1.